The first kappa shape index (κ1) is 12.8. The predicted molar refractivity (Wildman–Crippen MR) is 65.6 cm³/mol. The van der Waals surface area contributed by atoms with Crippen molar-refractivity contribution in [2.24, 2.45) is 0 Å². The van der Waals surface area contributed by atoms with Crippen LogP contribution in [0.3, 0.4) is 0 Å². The van der Waals surface area contributed by atoms with Crippen molar-refractivity contribution in [3.63, 3.8) is 0 Å². The standard InChI is InChI=1S/C12H14N2O3/c1-3-4-11(15)14-10-7-8(12(16)17-2)5-6-9(10)13/h3-7H,13H2,1-2H3,(H,14,15)/b4-3+. The molecule has 0 aliphatic rings. The van der Waals surface area contributed by atoms with Gasteiger partial charge in [-0.2, -0.15) is 0 Å². The van der Waals surface area contributed by atoms with Crippen LogP contribution in [-0.4, -0.2) is 19.0 Å². The Morgan fingerprint density at radius 2 is 2.12 bits per heavy atom. The van der Waals surface area contributed by atoms with E-state index in [1.54, 1.807) is 13.0 Å². The van der Waals surface area contributed by atoms with Crippen LogP contribution in [0, 0.1) is 0 Å². The summed E-state index contributed by atoms with van der Waals surface area (Å²) < 4.78 is 4.58. The molecule has 0 unspecified atom stereocenters. The molecule has 17 heavy (non-hydrogen) atoms. The molecular formula is C12H14N2O3. The van der Waals surface area contributed by atoms with Gasteiger partial charge in [0.15, 0.2) is 0 Å². The zero-order chi connectivity index (χ0) is 12.8. The number of nitrogen functional groups attached to an aromatic ring is 1. The summed E-state index contributed by atoms with van der Waals surface area (Å²) in [6.07, 6.45) is 2.97. The van der Waals surface area contributed by atoms with Gasteiger partial charge in [0, 0.05) is 0 Å². The van der Waals surface area contributed by atoms with Gasteiger partial charge in [0.05, 0.1) is 24.0 Å². The maximum atomic E-state index is 11.3. The molecule has 0 aliphatic carbocycles. The number of nitrogens with one attached hydrogen (secondary N) is 1. The highest BCUT2D eigenvalue weighted by Gasteiger charge is 2.09. The lowest BCUT2D eigenvalue weighted by atomic mass is 10.1. The second kappa shape index (κ2) is 5.69. The van der Waals surface area contributed by atoms with Crippen molar-refractivity contribution < 1.29 is 14.3 Å². The molecule has 3 N–H and O–H groups in total. The molecule has 1 aromatic carbocycles. The number of benzene rings is 1. The smallest absolute Gasteiger partial charge is 0.337 e. The van der Waals surface area contributed by atoms with Gasteiger partial charge in [-0.1, -0.05) is 6.08 Å². The summed E-state index contributed by atoms with van der Waals surface area (Å²) >= 11 is 0. The molecule has 0 bridgehead atoms. The number of hydrogen-bond donors (Lipinski definition) is 2. The molecule has 0 heterocycles. The average Bonchev–Trinajstić information content (AvgIpc) is 2.31. The van der Waals surface area contributed by atoms with E-state index in [4.69, 9.17) is 5.73 Å². The van der Waals surface area contributed by atoms with Crippen molar-refractivity contribution in [2.75, 3.05) is 18.2 Å². The molecular weight excluding hydrogens is 220 g/mol. The van der Waals surface area contributed by atoms with Crippen LogP contribution in [0.1, 0.15) is 17.3 Å². The van der Waals surface area contributed by atoms with Gasteiger partial charge in [-0.25, -0.2) is 4.79 Å². The van der Waals surface area contributed by atoms with Crippen LogP contribution < -0.4 is 11.1 Å². The van der Waals surface area contributed by atoms with Crippen LogP contribution >= 0.6 is 0 Å². The van der Waals surface area contributed by atoms with Crippen molar-refractivity contribution in [2.45, 2.75) is 6.92 Å². The quantitative estimate of drug-likeness (QED) is 0.472. The zero-order valence-corrected chi connectivity index (χ0v) is 9.69. The molecule has 0 saturated heterocycles. The lowest BCUT2D eigenvalue weighted by Gasteiger charge is -2.08. The summed E-state index contributed by atoms with van der Waals surface area (Å²) in [5.41, 5.74) is 6.79. The predicted octanol–water partition coefficient (Wildman–Crippen LogP) is 1.57. The fourth-order valence-electron chi connectivity index (χ4n) is 1.24. The largest absolute Gasteiger partial charge is 0.465 e. The number of amides is 1. The van der Waals surface area contributed by atoms with Crippen molar-refractivity contribution in [3.05, 3.63) is 35.9 Å². The van der Waals surface area contributed by atoms with Crippen LogP contribution in [0.25, 0.3) is 0 Å². The second-order valence-corrected chi connectivity index (χ2v) is 3.28. The molecule has 5 nitrogen and oxygen atoms in total. The van der Waals surface area contributed by atoms with Crippen LogP contribution in [0.4, 0.5) is 11.4 Å². The van der Waals surface area contributed by atoms with Gasteiger partial charge in [0.25, 0.3) is 0 Å². The van der Waals surface area contributed by atoms with E-state index in [-0.39, 0.29) is 5.91 Å². The lowest BCUT2D eigenvalue weighted by molar-refractivity contribution is -0.111. The molecule has 0 aliphatic heterocycles. The summed E-state index contributed by atoms with van der Waals surface area (Å²) in [6, 6.07) is 4.55. The van der Waals surface area contributed by atoms with E-state index in [9.17, 15) is 9.59 Å². The molecule has 1 rings (SSSR count). The average molecular weight is 234 g/mol. The number of methoxy groups -OCH3 is 1. The van der Waals surface area contributed by atoms with Crippen LogP contribution in [-0.2, 0) is 9.53 Å². The van der Waals surface area contributed by atoms with Crippen molar-refractivity contribution in [1.29, 1.82) is 0 Å². The Kier molecular flexibility index (Phi) is 4.28. The van der Waals surface area contributed by atoms with Crippen LogP contribution in [0.15, 0.2) is 30.4 Å². The Balaban J connectivity index is 2.98. The molecule has 0 radical (unpaired) electrons. The monoisotopic (exact) mass is 234 g/mol. The molecule has 90 valence electrons. The Morgan fingerprint density at radius 1 is 1.41 bits per heavy atom. The number of carbonyl (C=O) groups is 2. The van der Waals surface area contributed by atoms with Gasteiger partial charge in [0.2, 0.25) is 5.91 Å². The molecule has 0 saturated carbocycles. The molecule has 0 aromatic heterocycles. The van der Waals surface area contributed by atoms with Gasteiger partial charge in [0.1, 0.15) is 0 Å². The fourth-order valence-corrected chi connectivity index (χ4v) is 1.24. The summed E-state index contributed by atoms with van der Waals surface area (Å²) in [6.45, 7) is 1.73. The van der Waals surface area contributed by atoms with E-state index in [1.807, 2.05) is 0 Å². The number of allylic oxidation sites excluding steroid dienone is 1. The van der Waals surface area contributed by atoms with Gasteiger partial charge in [-0.05, 0) is 31.2 Å². The first-order valence-electron chi connectivity index (χ1n) is 5.00. The highest BCUT2D eigenvalue weighted by atomic mass is 16.5. The van der Waals surface area contributed by atoms with E-state index < -0.39 is 5.97 Å². The number of rotatable bonds is 3. The van der Waals surface area contributed by atoms with Crippen LogP contribution in [0.5, 0.6) is 0 Å². The number of anilines is 2. The summed E-state index contributed by atoms with van der Waals surface area (Å²) in [4.78, 5) is 22.6. The summed E-state index contributed by atoms with van der Waals surface area (Å²) in [5, 5.41) is 2.57. The van der Waals surface area contributed by atoms with Crippen molar-refractivity contribution in [1.82, 2.24) is 0 Å². The molecule has 1 amide bonds. The van der Waals surface area contributed by atoms with Gasteiger partial charge < -0.3 is 15.8 Å². The fraction of sp³-hybridized carbons (Fsp3) is 0.167. The number of hydrogen-bond acceptors (Lipinski definition) is 4. The van der Waals surface area contributed by atoms with Gasteiger partial charge in [-0.3, -0.25) is 4.79 Å². The third-order valence-electron chi connectivity index (χ3n) is 2.05. The molecule has 1 aromatic rings. The minimum Gasteiger partial charge on any atom is -0.465 e. The first-order chi connectivity index (χ1) is 8.08. The SMILES string of the molecule is C/C=C/C(=O)Nc1cc(C(=O)OC)ccc1N. The Morgan fingerprint density at radius 3 is 2.71 bits per heavy atom. The normalized spacial score (nSPS) is 10.2. The third kappa shape index (κ3) is 3.34. The molecule has 0 fully saturated rings. The van der Waals surface area contributed by atoms with Crippen molar-refractivity contribution >= 4 is 23.3 Å². The van der Waals surface area contributed by atoms with E-state index in [1.165, 1.54) is 31.4 Å². The zero-order valence-electron chi connectivity index (χ0n) is 9.69. The second-order valence-electron chi connectivity index (χ2n) is 3.28. The van der Waals surface area contributed by atoms with E-state index in [0.717, 1.165) is 0 Å². The van der Waals surface area contributed by atoms with E-state index >= 15 is 0 Å². The van der Waals surface area contributed by atoms with Crippen molar-refractivity contribution in [3.8, 4) is 0 Å². The molecule has 0 spiro atoms. The Hall–Kier alpha value is -2.30. The summed E-state index contributed by atoms with van der Waals surface area (Å²) in [5.74, 6) is -0.784. The van der Waals surface area contributed by atoms with Crippen LogP contribution in [0.2, 0.25) is 0 Å². The minimum absolute atomic E-state index is 0.304. The Bertz CT molecular complexity index is 467. The van der Waals surface area contributed by atoms with Gasteiger partial charge >= 0.3 is 5.97 Å². The maximum absolute atomic E-state index is 11.3. The Labute approximate surface area is 99.3 Å². The number of esters is 1. The number of ether oxygens (including phenoxy) is 1. The summed E-state index contributed by atoms with van der Waals surface area (Å²) in [7, 11) is 1.29. The number of nitrogens with two attached hydrogens (primary N) is 1. The van der Waals surface area contributed by atoms with E-state index in [0.29, 0.717) is 16.9 Å². The molecule has 0 atom stereocenters. The van der Waals surface area contributed by atoms with Gasteiger partial charge in [-0.15, -0.1) is 0 Å². The van der Waals surface area contributed by atoms with E-state index in [2.05, 4.69) is 10.1 Å². The molecule has 5 heteroatoms. The first-order valence-corrected chi connectivity index (χ1v) is 5.00. The lowest BCUT2D eigenvalue weighted by Crippen LogP contribution is -2.11. The minimum atomic E-state index is -0.480. The highest BCUT2D eigenvalue weighted by Crippen LogP contribution is 2.20. The topological polar surface area (TPSA) is 81.4 Å². The maximum Gasteiger partial charge on any atom is 0.337 e. The number of carbonyl (C=O) groups excluding carboxylic acids is 2. The highest BCUT2D eigenvalue weighted by molar-refractivity contribution is 6.02. The third-order valence-corrected chi connectivity index (χ3v) is 2.05.